The van der Waals surface area contributed by atoms with Crippen LogP contribution in [0.25, 0.3) is 0 Å². The molecular weight excluding hydrogens is 440 g/mol. The number of nitrogens with two attached hydrogens (primary N) is 1. The van der Waals surface area contributed by atoms with Crippen LogP contribution in [0.5, 0.6) is 0 Å². The maximum Gasteiger partial charge on any atom is 0.326 e. The van der Waals surface area contributed by atoms with Crippen molar-refractivity contribution < 1.29 is 24.3 Å². The first-order valence-corrected chi connectivity index (χ1v) is 11.8. The molecule has 192 valence electrons. The molecule has 0 fully saturated rings. The summed E-state index contributed by atoms with van der Waals surface area (Å²) in [6, 6.07) is -3.84. The van der Waals surface area contributed by atoms with Crippen molar-refractivity contribution in [3.63, 3.8) is 0 Å². The van der Waals surface area contributed by atoms with E-state index in [2.05, 4.69) is 25.9 Å². The van der Waals surface area contributed by atoms with Gasteiger partial charge in [0.1, 0.15) is 18.1 Å². The number of rotatable bonds is 14. The number of hydrogen-bond donors (Lipinski definition) is 6. The third-order valence-electron chi connectivity index (χ3n) is 6.15. The van der Waals surface area contributed by atoms with Crippen molar-refractivity contribution in [2.45, 2.75) is 85.0 Å². The van der Waals surface area contributed by atoms with E-state index in [1.165, 1.54) is 6.33 Å². The number of carboxylic acid groups (broad SMARTS) is 1. The maximum atomic E-state index is 13.2. The predicted molar refractivity (Wildman–Crippen MR) is 127 cm³/mol. The molecule has 1 rings (SSSR count). The second-order valence-electron chi connectivity index (χ2n) is 9.20. The summed E-state index contributed by atoms with van der Waals surface area (Å²) >= 11 is 0. The molecule has 11 heteroatoms. The van der Waals surface area contributed by atoms with E-state index in [4.69, 9.17) is 5.73 Å². The zero-order chi connectivity index (χ0) is 26.0. The number of H-pyrrole nitrogens is 1. The summed E-state index contributed by atoms with van der Waals surface area (Å²) in [6.07, 6.45) is 4.47. The molecule has 7 N–H and O–H groups in total. The Kier molecular flexibility index (Phi) is 11.7. The Morgan fingerprint density at radius 3 is 1.76 bits per heavy atom. The SMILES string of the molecule is CCC(C)C(NC(=O)C(N)Cc1cnc[nH]1)C(=O)NC(C(=O)NC(C(=O)O)C(C)C)C(C)CC. The molecule has 0 radical (unpaired) electrons. The van der Waals surface area contributed by atoms with E-state index >= 15 is 0 Å². The number of carboxylic acids is 1. The number of nitrogens with one attached hydrogen (secondary N) is 4. The van der Waals surface area contributed by atoms with Crippen LogP contribution in [0.4, 0.5) is 0 Å². The third kappa shape index (κ3) is 8.44. The lowest BCUT2D eigenvalue weighted by Crippen LogP contribution is -2.60. The van der Waals surface area contributed by atoms with Gasteiger partial charge in [-0.2, -0.15) is 0 Å². The topological polar surface area (TPSA) is 179 Å². The monoisotopic (exact) mass is 480 g/mol. The van der Waals surface area contributed by atoms with Crippen LogP contribution in [-0.4, -0.2) is 62.9 Å². The molecular formula is C23H40N6O5. The van der Waals surface area contributed by atoms with Crippen molar-refractivity contribution in [3.05, 3.63) is 18.2 Å². The minimum Gasteiger partial charge on any atom is -0.480 e. The summed E-state index contributed by atoms with van der Waals surface area (Å²) in [5.74, 6) is -3.56. The van der Waals surface area contributed by atoms with E-state index < -0.39 is 47.9 Å². The van der Waals surface area contributed by atoms with Gasteiger partial charge in [-0.15, -0.1) is 0 Å². The zero-order valence-corrected chi connectivity index (χ0v) is 20.9. The van der Waals surface area contributed by atoms with Crippen LogP contribution in [0, 0.1) is 17.8 Å². The number of aromatic nitrogens is 2. The molecule has 34 heavy (non-hydrogen) atoms. The van der Waals surface area contributed by atoms with E-state index in [1.54, 1.807) is 27.0 Å². The molecule has 0 saturated carbocycles. The first-order valence-electron chi connectivity index (χ1n) is 11.8. The molecule has 0 aliphatic rings. The van der Waals surface area contributed by atoms with Crippen molar-refractivity contribution in [2.75, 3.05) is 0 Å². The number of hydrogen-bond acceptors (Lipinski definition) is 6. The minimum atomic E-state index is -1.14. The number of aliphatic carboxylic acids is 1. The average molecular weight is 481 g/mol. The van der Waals surface area contributed by atoms with Crippen LogP contribution < -0.4 is 21.7 Å². The van der Waals surface area contributed by atoms with Crippen molar-refractivity contribution in [3.8, 4) is 0 Å². The van der Waals surface area contributed by atoms with Crippen LogP contribution in [0.15, 0.2) is 12.5 Å². The standard InChI is InChI=1S/C23H40N6O5/c1-7-13(5)18(28-20(30)16(24)9-15-10-25-11-26-15)22(32)29-19(14(6)8-2)21(31)27-17(12(3)4)23(33)34/h10-14,16-19H,7-9,24H2,1-6H3,(H,25,26)(H,27,31)(H,28,30)(H,29,32)(H,33,34). The lowest BCUT2D eigenvalue weighted by molar-refractivity contribution is -0.144. The maximum absolute atomic E-state index is 13.2. The summed E-state index contributed by atoms with van der Waals surface area (Å²) in [5, 5.41) is 17.4. The number of amides is 3. The van der Waals surface area contributed by atoms with E-state index in [9.17, 15) is 24.3 Å². The first-order chi connectivity index (χ1) is 15.9. The van der Waals surface area contributed by atoms with Crippen molar-refractivity contribution in [1.82, 2.24) is 25.9 Å². The number of nitrogens with zero attached hydrogens (tertiary/aromatic N) is 1. The fourth-order valence-corrected chi connectivity index (χ4v) is 3.39. The highest BCUT2D eigenvalue weighted by molar-refractivity contribution is 5.94. The normalized spacial score (nSPS) is 16.6. The summed E-state index contributed by atoms with van der Waals surface area (Å²) in [4.78, 5) is 57.2. The molecule has 0 bridgehead atoms. The number of imidazole rings is 1. The van der Waals surface area contributed by atoms with Crippen LogP contribution in [-0.2, 0) is 25.6 Å². The van der Waals surface area contributed by atoms with Crippen LogP contribution in [0.1, 0.15) is 60.1 Å². The highest BCUT2D eigenvalue weighted by atomic mass is 16.4. The molecule has 1 aromatic rings. The Morgan fingerprint density at radius 1 is 0.912 bits per heavy atom. The van der Waals surface area contributed by atoms with Gasteiger partial charge in [-0.1, -0.05) is 54.4 Å². The number of carbonyl (C=O) groups is 4. The molecule has 0 spiro atoms. The number of aromatic amines is 1. The Morgan fingerprint density at radius 2 is 1.38 bits per heavy atom. The average Bonchev–Trinajstić information content (AvgIpc) is 3.30. The van der Waals surface area contributed by atoms with E-state index in [0.717, 1.165) is 0 Å². The molecule has 0 aromatic carbocycles. The first kappa shape index (κ1) is 29.1. The van der Waals surface area contributed by atoms with Gasteiger partial charge in [0, 0.05) is 18.3 Å². The van der Waals surface area contributed by atoms with E-state index in [1.807, 2.05) is 20.8 Å². The molecule has 11 nitrogen and oxygen atoms in total. The fourth-order valence-electron chi connectivity index (χ4n) is 3.39. The van der Waals surface area contributed by atoms with Crippen molar-refractivity contribution in [1.29, 1.82) is 0 Å². The van der Waals surface area contributed by atoms with Crippen molar-refractivity contribution >= 4 is 23.7 Å². The van der Waals surface area contributed by atoms with Crippen molar-refractivity contribution in [2.24, 2.45) is 23.5 Å². The second-order valence-corrected chi connectivity index (χ2v) is 9.20. The molecule has 6 atom stereocenters. The Labute approximate surface area is 201 Å². The van der Waals surface area contributed by atoms with Gasteiger partial charge in [-0.3, -0.25) is 14.4 Å². The Balaban J connectivity index is 3.00. The van der Waals surface area contributed by atoms with Gasteiger partial charge in [0.25, 0.3) is 0 Å². The lowest BCUT2D eigenvalue weighted by Gasteiger charge is -2.30. The van der Waals surface area contributed by atoms with E-state index in [-0.39, 0.29) is 24.2 Å². The van der Waals surface area contributed by atoms with Gasteiger partial charge in [0.2, 0.25) is 17.7 Å². The van der Waals surface area contributed by atoms with E-state index in [0.29, 0.717) is 18.5 Å². The second kappa shape index (κ2) is 13.7. The summed E-state index contributed by atoms with van der Waals surface area (Å²) < 4.78 is 0. The molecule has 1 aromatic heterocycles. The summed E-state index contributed by atoms with van der Waals surface area (Å²) in [7, 11) is 0. The molecule has 3 amide bonds. The predicted octanol–water partition coefficient (Wildman–Crippen LogP) is 0.567. The van der Waals surface area contributed by atoms with Gasteiger partial charge in [0.15, 0.2) is 0 Å². The number of carbonyl (C=O) groups excluding carboxylic acids is 3. The summed E-state index contributed by atoms with van der Waals surface area (Å²) in [6.45, 7) is 10.8. The van der Waals surface area contributed by atoms with Crippen LogP contribution >= 0.6 is 0 Å². The smallest absolute Gasteiger partial charge is 0.326 e. The Bertz CT molecular complexity index is 813. The van der Waals surface area contributed by atoms with Gasteiger partial charge in [0.05, 0.1) is 12.4 Å². The van der Waals surface area contributed by atoms with Crippen LogP contribution in [0.2, 0.25) is 0 Å². The Hall–Kier alpha value is -2.95. The van der Waals surface area contributed by atoms with Gasteiger partial charge < -0.3 is 31.8 Å². The largest absolute Gasteiger partial charge is 0.480 e. The lowest BCUT2D eigenvalue weighted by atomic mass is 9.94. The quantitative estimate of drug-likeness (QED) is 0.225. The van der Waals surface area contributed by atoms with Gasteiger partial charge in [-0.05, 0) is 17.8 Å². The molecule has 6 unspecified atom stereocenters. The fraction of sp³-hybridized carbons (Fsp3) is 0.696. The molecule has 0 aliphatic heterocycles. The summed E-state index contributed by atoms with van der Waals surface area (Å²) in [5.41, 5.74) is 6.71. The highest BCUT2D eigenvalue weighted by Crippen LogP contribution is 2.13. The molecule has 0 aliphatic carbocycles. The third-order valence-corrected chi connectivity index (χ3v) is 6.15. The van der Waals surface area contributed by atoms with Gasteiger partial charge >= 0.3 is 5.97 Å². The van der Waals surface area contributed by atoms with Gasteiger partial charge in [-0.25, -0.2) is 9.78 Å². The molecule has 1 heterocycles. The minimum absolute atomic E-state index is 0.227. The van der Waals surface area contributed by atoms with Crippen LogP contribution in [0.3, 0.4) is 0 Å². The zero-order valence-electron chi connectivity index (χ0n) is 20.9. The molecule has 0 saturated heterocycles. The highest BCUT2D eigenvalue weighted by Gasteiger charge is 2.35.